The van der Waals surface area contributed by atoms with E-state index in [1.165, 1.54) is 12.8 Å². The molecular formula is C12H20N2O4S. The predicted octanol–water partition coefficient (Wildman–Crippen LogP) is 1.53. The number of hydrogen-bond donors (Lipinski definition) is 1. The highest BCUT2D eigenvalue weighted by molar-refractivity contribution is 7.89. The summed E-state index contributed by atoms with van der Waals surface area (Å²) in [5.74, 6) is 0.307. The van der Waals surface area contributed by atoms with E-state index in [2.05, 4.69) is 9.88 Å². The lowest BCUT2D eigenvalue weighted by molar-refractivity contribution is 0.0626. The number of nitrogens with zero attached hydrogens (tertiary/aromatic N) is 1. The Hall–Kier alpha value is -0.920. The molecule has 1 aromatic rings. The molecule has 0 aliphatic heterocycles. The predicted molar refractivity (Wildman–Crippen MR) is 69.4 cm³/mol. The van der Waals surface area contributed by atoms with Gasteiger partial charge >= 0.3 is 0 Å². The van der Waals surface area contributed by atoms with Crippen LogP contribution in [0.1, 0.15) is 37.1 Å². The Morgan fingerprint density at radius 2 is 2.05 bits per heavy atom. The Morgan fingerprint density at radius 3 is 2.63 bits per heavy atom. The minimum absolute atomic E-state index is 0.133. The van der Waals surface area contributed by atoms with Gasteiger partial charge in [0.25, 0.3) is 0 Å². The molecule has 0 amide bonds. The first-order chi connectivity index (χ1) is 9.00. The van der Waals surface area contributed by atoms with Crippen LogP contribution >= 0.6 is 0 Å². The van der Waals surface area contributed by atoms with Gasteiger partial charge in [-0.25, -0.2) is 13.1 Å². The first kappa shape index (κ1) is 14.5. The summed E-state index contributed by atoms with van der Waals surface area (Å²) < 4.78 is 37.1. The topological polar surface area (TPSA) is 81.4 Å². The lowest BCUT2D eigenvalue weighted by Crippen LogP contribution is -2.29. The molecule has 0 unspecified atom stereocenters. The molecule has 1 aromatic heterocycles. The Kier molecular flexibility index (Phi) is 4.59. The van der Waals surface area contributed by atoms with Crippen molar-refractivity contribution in [2.24, 2.45) is 0 Å². The van der Waals surface area contributed by atoms with Crippen molar-refractivity contribution in [1.29, 1.82) is 0 Å². The summed E-state index contributed by atoms with van der Waals surface area (Å²) in [6.07, 6.45) is 4.86. The number of ether oxygens (including phenoxy) is 1. The molecule has 1 saturated carbocycles. The normalized spacial score (nSPS) is 17.2. The van der Waals surface area contributed by atoms with Gasteiger partial charge in [0.2, 0.25) is 10.0 Å². The van der Waals surface area contributed by atoms with Gasteiger partial charge in [-0.3, -0.25) is 0 Å². The average Bonchev–Trinajstić information content (AvgIpc) is 2.95. The van der Waals surface area contributed by atoms with E-state index in [1.807, 2.05) is 0 Å². The fourth-order valence-corrected chi connectivity index (χ4v) is 3.73. The molecule has 0 saturated heterocycles. The SMILES string of the molecule is Cc1noc(C)c1S(=O)(=O)NCCOC1CCCC1. The van der Waals surface area contributed by atoms with E-state index in [0.29, 0.717) is 24.2 Å². The van der Waals surface area contributed by atoms with Crippen molar-refractivity contribution in [3.63, 3.8) is 0 Å². The molecule has 19 heavy (non-hydrogen) atoms. The second-order valence-electron chi connectivity index (χ2n) is 4.83. The lowest BCUT2D eigenvalue weighted by atomic mass is 10.3. The first-order valence-electron chi connectivity index (χ1n) is 6.55. The first-order valence-corrected chi connectivity index (χ1v) is 8.03. The molecule has 0 radical (unpaired) electrons. The fraction of sp³-hybridized carbons (Fsp3) is 0.750. The highest BCUT2D eigenvalue weighted by Crippen LogP contribution is 2.21. The highest BCUT2D eigenvalue weighted by atomic mass is 32.2. The zero-order valence-electron chi connectivity index (χ0n) is 11.3. The van der Waals surface area contributed by atoms with E-state index < -0.39 is 10.0 Å². The van der Waals surface area contributed by atoms with Crippen LogP contribution in [-0.2, 0) is 14.8 Å². The van der Waals surface area contributed by atoms with E-state index in [9.17, 15) is 8.42 Å². The zero-order valence-corrected chi connectivity index (χ0v) is 12.1. The van der Waals surface area contributed by atoms with Crippen LogP contribution in [0, 0.1) is 13.8 Å². The summed E-state index contributed by atoms with van der Waals surface area (Å²) in [5.41, 5.74) is 0.377. The number of aromatic nitrogens is 1. The highest BCUT2D eigenvalue weighted by Gasteiger charge is 2.23. The van der Waals surface area contributed by atoms with Gasteiger partial charge in [-0.15, -0.1) is 0 Å². The molecule has 1 aliphatic carbocycles. The second-order valence-corrected chi connectivity index (χ2v) is 6.53. The summed E-state index contributed by atoms with van der Waals surface area (Å²) in [7, 11) is -3.56. The van der Waals surface area contributed by atoms with Gasteiger partial charge in [0.05, 0.1) is 12.7 Å². The number of hydrogen-bond acceptors (Lipinski definition) is 5. The number of rotatable bonds is 6. The van der Waals surface area contributed by atoms with Gasteiger partial charge in [-0.05, 0) is 26.7 Å². The van der Waals surface area contributed by atoms with Crippen molar-refractivity contribution in [2.75, 3.05) is 13.2 Å². The molecule has 0 aromatic carbocycles. The van der Waals surface area contributed by atoms with Crippen molar-refractivity contribution >= 4 is 10.0 Å². The maximum absolute atomic E-state index is 12.1. The number of sulfonamides is 1. The molecular weight excluding hydrogens is 268 g/mol. The van der Waals surface area contributed by atoms with Crippen LogP contribution in [0.25, 0.3) is 0 Å². The zero-order chi connectivity index (χ0) is 13.9. The van der Waals surface area contributed by atoms with Crippen LogP contribution in [0.15, 0.2) is 9.42 Å². The minimum Gasteiger partial charge on any atom is -0.377 e. The van der Waals surface area contributed by atoms with Gasteiger partial charge in [0, 0.05) is 6.54 Å². The monoisotopic (exact) mass is 288 g/mol. The summed E-state index contributed by atoms with van der Waals surface area (Å²) in [6.45, 7) is 3.86. The largest absolute Gasteiger partial charge is 0.377 e. The maximum atomic E-state index is 12.1. The molecule has 0 bridgehead atoms. The van der Waals surface area contributed by atoms with Crippen LogP contribution in [0.5, 0.6) is 0 Å². The van der Waals surface area contributed by atoms with Gasteiger partial charge in [-0.2, -0.15) is 0 Å². The summed E-state index contributed by atoms with van der Waals surface area (Å²) in [5, 5.41) is 3.65. The van der Waals surface area contributed by atoms with Crippen molar-refractivity contribution < 1.29 is 17.7 Å². The van der Waals surface area contributed by atoms with Crippen LogP contribution in [0.4, 0.5) is 0 Å². The van der Waals surface area contributed by atoms with E-state index in [-0.39, 0.29) is 11.4 Å². The van der Waals surface area contributed by atoms with Crippen LogP contribution in [0.3, 0.4) is 0 Å². The van der Waals surface area contributed by atoms with Gasteiger partial charge < -0.3 is 9.26 Å². The average molecular weight is 288 g/mol. The Bertz CT molecular complexity index is 498. The van der Waals surface area contributed by atoms with Crippen LogP contribution in [-0.4, -0.2) is 32.8 Å². The third-order valence-electron chi connectivity index (χ3n) is 3.29. The molecule has 0 atom stereocenters. The maximum Gasteiger partial charge on any atom is 0.246 e. The Labute approximate surface area is 113 Å². The number of nitrogens with one attached hydrogen (secondary N) is 1. The Morgan fingerprint density at radius 1 is 1.37 bits per heavy atom. The molecule has 1 N–H and O–H groups in total. The van der Waals surface area contributed by atoms with Gasteiger partial charge in [0.1, 0.15) is 10.6 Å². The smallest absolute Gasteiger partial charge is 0.246 e. The molecule has 2 rings (SSSR count). The van der Waals surface area contributed by atoms with Crippen LogP contribution < -0.4 is 4.72 Å². The molecule has 6 nitrogen and oxygen atoms in total. The lowest BCUT2D eigenvalue weighted by Gasteiger charge is -2.11. The summed E-state index contributed by atoms with van der Waals surface area (Å²) in [6, 6.07) is 0. The molecule has 108 valence electrons. The standard InChI is InChI=1S/C12H20N2O4S/c1-9-12(10(2)18-14-9)19(15,16)13-7-8-17-11-5-3-4-6-11/h11,13H,3-8H2,1-2H3. The fourth-order valence-electron chi connectivity index (χ4n) is 2.39. The molecule has 1 heterocycles. The summed E-state index contributed by atoms with van der Waals surface area (Å²) >= 11 is 0. The van der Waals surface area contributed by atoms with Crippen molar-refractivity contribution in [3.8, 4) is 0 Å². The van der Waals surface area contributed by atoms with Gasteiger partial charge in [-0.1, -0.05) is 18.0 Å². The van der Waals surface area contributed by atoms with Crippen molar-refractivity contribution in [3.05, 3.63) is 11.5 Å². The number of aryl methyl sites for hydroxylation is 2. The van der Waals surface area contributed by atoms with E-state index in [0.717, 1.165) is 12.8 Å². The molecule has 1 aliphatic rings. The van der Waals surface area contributed by atoms with Gasteiger partial charge in [0.15, 0.2) is 5.76 Å². The molecule has 7 heteroatoms. The minimum atomic E-state index is -3.56. The second kappa shape index (κ2) is 6.02. The van der Waals surface area contributed by atoms with E-state index >= 15 is 0 Å². The van der Waals surface area contributed by atoms with E-state index in [4.69, 9.17) is 9.26 Å². The Balaban J connectivity index is 1.84. The third-order valence-corrected chi connectivity index (χ3v) is 4.99. The summed E-state index contributed by atoms with van der Waals surface area (Å²) in [4.78, 5) is 0.133. The van der Waals surface area contributed by atoms with Crippen molar-refractivity contribution in [2.45, 2.75) is 50.5 Å². The van der Waals surface area contributed by atoms with Crippen molar-refractivity contribution in [1.82, 2.24) is 9.88 Å². The third kappa shape index (κ3) is 3.55. The molecule has 0 spiro atoms. The quantitative estimate of drug-likeness (QED) is 0.803. The molecule has 1 fully saturated rings. The van der Waals surface area contributed by atoms with Crippen LogP contribution in [0.2, 0.25) is 0 Å². The van der Waals surface area contributed by atoms with E-state index in [1.54, 1.807) is 13.8 Å².